The molecule has 10 heteroatoms. The van der Waals surface area contributed by atoms with Crippen LogP contribution in [0.15, 0.2) is 52.1 Å². The lowest BCUT2D eigenvalue weighted by molar-refractivity contribution is -0.120. The summed E-state index contributed by atoms with van der Waals surface area (Å²) in [7, 11) is 0. The lowest BCUT2D eigenvalue weighted by Gasteiger charge is -2.11. The summed E-state index contributed by atoms with van der Waals surface area (Å²) in [6, 6.07) is 11.6. The van der Waals surface area contributed by atoms with Gasteiger partial charge in [-0.2, -0.15) is 0 Å². The number of hydrogen-bond acceptors (Lipinski definition) is 8. The third-order valence-electron chi connectivity index (χ3n) is 4.46. The zero-order chi connectivity index (χ0) is 21.8. The van der Waals surface area contributed by atoms with Gasteiger partial charge in [0.2, 0.25) is 12.7 Å². The number of aromatic nitrogens is 2. The van der Waals surface area contributed by atoms with Crippen LogP contribution in [0.25, 0.3) is 0 Å². The highest BCUT2D eigenvalue weighted by Gasteiger charge is 2.22. The normalized spacial score (nSPS) is 14.2. The van der Waals surface area contributed by atoms with Crippen LogP contribution in [0.5, 0.6) is 17.2 Å². The fourth-order valence-electron chi connectivity index (χ4n) is 2.80. The first-order valence-electron chi connectivity index (χ1n) is 9.57. The monoisotopic (exact) mass is 445 g/mol. The maximum Gasteiger partial charge on any atom is 0.277 e. The van der Waals surface area contributed by atoms with Gasteiger partial charge in [0.05, 0.1) is 5.25 Å². The number of fused-ring (bicyclic) bond motifs is 1. The van der Waals surface area contributed by atoms with E-state index in [1.165, 1.54) is 12.1 Å². The standard InChI is InChI=1S/C21H20FN3O5S/c1-12(29-16-6-4-3-5-15(16)22)20-24-25-21(30-20)31-13(2)19(26)23-10-14-7-8-17-18(9-14)28-11-27-17/h3-9,12-13H,10-11H2,1-2H3,(H,23,26)/t12-,13+/m0/s1. The zero-order valence-corrected chi connectivity index (χ0v) is 17.6. The number of amides is 1. The van der Waals surface area contributed by atoms with Gasteiger partial charge in [0.25, 0.3) is 11.1 Å². The molecule has 2 atom stereocenters. The highest BCUT2D eigenvalue weighted by Crippen LogP contribution is 2.32. The molecule has 1 amide bonds. The van der Waals surface area contributed by atoms with E-state index in [1.807, 2.05) is 18.2 Å². The van der Waals surface area contributed by atoms with Gasteiger partial charge in [-0.15, -0.1) is 10.2 Å². The largest absolute Gasteiger partial charge is 0.478 e. The predicted octanol–water partition coefficient (Wildman–Crippen LogP) is 3.87. The molecule has 1 N–H and O–H groups in total. The second-order valence-electron chi connectivity index (χ2n) is 6.76. The minimum absolute atomic E-state index is 0.0960. The Bertz CT molecular complexity index is 1080. The van der Waals surface area contributed by atoms with E-state index in [4.69, 9.17) is 18.6 Å². The van der Waals surface area contributed by atoms with Crippen molar-refractivity contribution < 1.29 is 27.8 Å². The number of halogens is 1. The minimum atomic E-state index is -0.645. The number of thioether (sulfide) groups is 1. The Morgan fingerprint density at radius 2 is 2.00 bits per heavy atom. The molecule has 1 aliphatic rings. The van der Waals surface area contributed by atoms with Gasteiger partial charge < -0.3 is 23.9 Å². The third-order valence-corrected chi connectivity index (χ3v) is 5.40. The molecule has 0 fully saturated rings. The van der Waals surface area contributed by atoms with Gasteiger partial charge in [-0.1, -0.05) is 30.0 Å². The molecule has 2 heterocycles. The van der Waals surface area contributed by atoms with Crippen LogP contribution in [0.3, 0.4) is 0 Å². The van der Waals surface area contributed by atoms with E-state index in [2.05, 4.69) is 15.5 Å². The Morgan fingerprint density at radius 3 is 2.84 bits per heavy atom. The third kappa shape index (κ3) is 5.08. The first kappa shape index (κ1) is 21.0. The molecule has 8 nitrogen and oxygen atoms in total. The van der Waals surface area contributed by atoms with Crippen molar-refractivity contribution in [2.24, 2.45) is 0 Å². The summed E-state index contributed by atoms with van der Waals surface area (Å²) in [5, 5.41) is 10.5. The minimum Gasteiger partial charge on any atom is -0.478 e. The van der Waals surface area contributed by atoms with Gasteiger partial charge in [0.15, 0.2) is 29.2 Å². The molecule has 0 saturated carbocycles. The number of hydrogen-bond donors (Lipinski definition) is 1. The van der Waals surface area contributed by atoms with Crippen molar-refractivity contribution in [2.75, 3.05) is 6.79 Å². The molecule has 0 spiro atoms. The van der Waals surface area contributed by atoms with Gasteiger partial charge in [-0.3, -0.25) is 4.79 Å². The van der Waals surface area contributed by atoms with Crippen LogP contribution in [0, 0.1) is 5.82 Å². The summed E-state index contributed by atoms with van der Waals surface area (Å²) in [4.78, 5) is 12.4. The topological polar surface area (TPSA) is 95.7 Å². The van der Waals surface area contributed by atoms with E-state index in [1.54, 1.807) is 26.0 Å². The summed E-state index contributed by atoms with van der Waals surface area (Å²) < 4.78 is 35.5. The molecule has 162 valence electrons. The number of ether oxygens (including phenoxy) is 3. The van der Waals surface area contributed by atoms with Crippen LogP contribution in [-0.2, 0) is 11.3 Å². The summed E-state index contributed by atoms with van der Waals surface area (Å²) in [6.45, 7) is 3.97. The van der Waals surface area contributed by atoms with Crippen LogP contribution in [0.4, 0.5) is 4.39 Å². The highest BCUT2D eigenvalue weighted by molar-refractivity contribution is 8.00. The smallest absolute Gasteiger partial charge is 0.277 e. The van der Waals surface area contributed by atoms with Crippen molar-refractivity contribution in [1.82, 2.24) is 15.5 Å². The zero-order valence-electron chi connectivity index (χ0n) is 16.8. The molecule has 31 heavy (non-hydrogen) atoms. The molecule has 0 bridgehead atoms. The maximum atomic E-state index is 13.7. The number of carbonyl (C=O) groups excluding carboxylic acids is 1. The van der Waals surface area contributed by atoms with Crippen molar-refractivity contribution in [1.29, 1.82) is 0 Å². The van der Waals surface area contributed by atoms with Crippen LogP contribution in [0.1, 0.15) is 31.4 Å². The van der Waals surface area contributed by atoms with Crippen LogP contribution < -0.4 is 19.5 Å². The number of benzene rings is 2. The lowest BCUT2D eigenvalue weighted by Crippen LogP contribution is -2.30. The molecular weight excluding hydrogens is 425 g/mol. The molecule has 0 aliphatic carbocycles. The summed E-state index contributed by atoms with van der Waals surface area (Å²) in [6.07, 6.45) is -0.645. The Hall–Kier alpha value is -3.27. The molecule has 0 unspecified atom stereocenters. The SMILES string of the molecule is C[C@H](Oc1ccccc1F)c1nnc(S[C@H](C)C(=O)NCc2ccc3c(c2)OCO3)o1. The van der Waals surface area contributed by atoms with Crippen molar-refractivity contribution in [3.63, 3.8) is 0 Å². The molecule has 3 aromatic rings. The van der Waals surface area contributed by atoms with E-state index < -0.39 is 17.2 Å². The summed E-state index contributed by atoms with van der Waals surface area (Å²) >= 11 is 1.13. The van der Waals surface area contributed by atoms with Crippen molar-refractivity contribution in [3.05, 3.63) is 59.7 Å². The molecule has 1 aromatic heterocycles. The molecule has 4 rings (SSSR count). The van der Waals surface area contributed by atoms with Gasteiger partial charge in [-0.05, 0) is 43.7 Å². The number of rotatable bonds is 8. The fraction of sp³-hybridized carbons (Fsp3) is 0.286. The molecular formula is C21H20FN3O5S. The first-order chi connectivity index (χ1) is 15.0. The molecule has 2 aromatic carbocycles. The van der Waals surface area contributed by atoms with Gasteiger partial charge in [0.1, 0.15) is 0 Å². The quantitative estimate of drug-likeness (QED) is 0.522. The molecule has 0 radical (unpaired) electrons. The second kappa shape index (κ2) is 9.25. The van der Waals surface area contributed by atoms with Gasteiger partial charge in [0, 0.05) is 6.54 Å². The number of nitrogens with one attached hydrogen (secondary N) is 1. The Kier molecular flexibility index (Phi) is 6.26. The van der Waals surface area contributed by atoms with E-state index in [-0.39, 0.29) is 29.6 Å². The second-order valence-corrected chi connectivity index (χ2v) is 8.05. The van der Waals surface area contributed by atoms with E-state index in [0.717, 1.165) is 17.3 Å². The van der Waals surface area contributed by atoms with E-state index in [0.29, 0.717) is 18.0 Å². The summed E-state index contributed by atoms with van der Waals surface area (Å²) in [5.74, 6) is 0.991. The predicted molar refractivity (Wildman–Crippen MR) is 109 cm³/mol. The summed E-state index contributed by atoms with van der Waals surface area (Å²) in [5.41, 5.74) is 0.897. The number of para-hydroxylation sites is 1. The van der Waals surface area contributed by atoms with Crippen LogP contribution >= 0.6 is 11.8 Å². The molecule has 1 aliphatic heterocycles. The first-order valence-corrected chi connectivity index (χ1v) is 10.4. The fourth-order valence-corrected chi connectivity index (χ4v) is 3.52. The van der Waals surface area contributed by atoms with Crippen molar-refractivity contribution in [3.8, 4) is 17.2 Å². The Balaban J connectivity index is 1.29. The average Bonchev–Trinajstić information content (AvgIpc) is 3.42. The van der Waals surface area contributed by atoms with E-state index in [9.17, 15) is 9.18 Å². The van der Waals surface area contributed by atoms with E-state index >= 15 is 0 Å². The lowest BCUT2D eigenvalue weighted by atomic mass is 10.2. The van der Waals surface area contributed by atoms with Crippen molar-refractivity contribution in [2.45, 2.75) is 37.0 Å². The Morgan fingerprint density at radius 1 is 1.19 bits per heavy atom. The van der Waals surface area contributed by atoms with Crippen LogP contribution in [-0.4, -0.2) is 28.1 Å². The highest BCUT2D eigenvalue weighted by atomic mass is 32.2. The van der Waals surface area contributed by atoms with Crippen molar-refractivity contribution >= 4 is 17.7 Å². The maximum absolute atomic E-state index is 13.7. The van der Waals surface area contributed by atoms with Gasteiger partial charge >= 0.3 is 0 Å². The van der Waals surface area contributed by atoms with Gasteiger partial charge in [-0.25, -0.2) is 4.39 Å². The molecule has 0 saturated heterocycles. The Labute approximate surface area is 182 Å². The average molecular weight is 445 g/mol. The number of nitrogens with zero attached hydrogens (tertiary/aromatic N) is 2. The van der Waals surface area contributed by atoms with Crippen LogP contribution in [0.2, 0.25) is 0 Å². The number of carbonyl (C=O) groups is 1.